The maximum atomic E-state index is 12.3. The second kappa shape index (κ2) is 8.69. The van der Waals surface area contributed by atoms with Crippen LogP contribution >= 0.6 is 22.7 Å². The number of hydrogen-bond acceptors (Lipinski definition) is 9. The van der Waals surface area contributed by atoms with Gasteiger partial charge >= 0.3 is 5.97 Å². The van der Waals surface area contributed by atoms with Crippen LogP contribution in [0.1, 0.15) is 28.8 Å². The largest absolute Gasteiger partial charge is 0.466 e. The van der Waals surface area contributed by atoms with Gasteiger partial charge in [0.2, 0.25) is 0 Å². The first kappa shape index (κ1) is 18.9. The number of pyridine rings is 1. The van der Waals surface area contributed by atoms with Gasteiger partial charge in [0.05, 0.1) is 18.7 Å². The first-order chi connectivity index (χ1) is 13.0. The van der Waals surface area contributed by atoms with Gasteiger partial charge in [-0.3, -0.25) is 14.9 Å². The number of aryl methyl sites for hydroxylation is 1. The molecule has 3 aromatic heterocycles. The Hall–Kier alpha value is -2.85. The highest BCUT2D eigenvalue weighted by molar-refractivity contribution is 7.14. The number of anilines is 3. The van der Waals surface area contributed by atoms with Gasteiger partial charge in [-0.2, -0.15) is 0 Å². The molecule has 3 heterocycles. The van der Waals surface area contributed by atoms with E-state index in [2.05, 4.69) is 25.6 Å². The lowest BCUT2D eigenvalue weighted by Gasteiger charge is -2.02. The van der Waals surface area contributed by atoms with E-state index in [1.165, 1.54) is 22.7 Å². The number of amides is 1. The van der Waals surface area contributed by atoms with Gasteiger partial charge in [0, 0.05) is 16.5 Å². The lowest BCUT2D eigenvalue weighted by molar-refractivity contribution is -0.142. The molecule has 0 spiro atoms. The van der Waals surface area contributed by atoms with Crippen molar-refractivity contribution in [3.8, 4) is 0 Å². The summed E-state index contributed by atoms with van der Waals surface area (Å²) >= 11 is 2.55. The van der Waals surface area contributed by atoms with E-state index < -0.39 is 0 Å². The Labute approximate surface area is 163 Å². The van der Waals surface area contributed by atoms with Gasteiger partial charge in [-0.1, -0.05) is 6.07 Å². The first-order valence-electron chi connectivity index (χ1n) is 8.11. The highest BCUT2D eigenvalue weighted by atomic mass is 32.1. The fraction of sp³-hybridized carbons (Fsp3) is 0.235. The summed E-state index contributed by atoms with van der Waals surface area (Å²) in [5.41, 5.74) is 1.72. The molecule has 0 aliphatic carbocycles. The SMILES string of the molecule is CCOC(=O)Cc1csc(NC(=O)c2csc(Nc3cccc(C)n3)n2)n1. The predicted molar refractivity (Wildman–Crippen MR) is 105 cm³/mol. The van der Waals surface area contributed by atoms with E-state index in [1.807, 2.05) is 25.1 Å². The molecule has 0 saturated heterocycles. The van der Waals surface area contributed by atoms with Crippen molar-refractivity contribution < 1.29 is 14.3 Å². The highest BCUT2D eigenvalue weighted by Crippen LogP contribution is 2.22. The van der Waals surface area contributed by atoms with Crippen LogP contribution in [0.4, 0.5) is 16.1 Å². The molecule has 0 fully saturated rings. The third kappa shape index (κ3) is 5.31. The number of rotatable bonds is 7. The molecular weight excluding hydrogens is 386 g/mol. The smallest absolute Gasteiger partial charge is 0.311 e. The molecule has 27 heavy (non-hydrogen) atoms. The summed E-state index contributed by atoms with van der Waals surface area (Å²) < 4.78 is 4.88. The molecule has 0 saturated carbocycles. The van der Waals surface area contributed by atoms with Crippen LogP contribution in [-0.4, -0.2) is 33.4 Å². The molecule has 0 unspecified atom stereocenters. The van der Waals surface area contributed by atoms with Crippen molar-refractivity contribution in [3.05, 3.63) is 46.0 Å². The van der Waals surface area contributed by atoms with Crippen LogP contribution < -0.4 is 10.6 Å². The van der Waals surface area contributed by atoms with E-state index in [0.717, 1.165) is 5.69 Å². The predicted octanol–water partition coefficient (Wildman–Crippen LogP) is 3.40. The van der Waals surface area contributed by atoms with Crippen molar-refractivity contribution in [3.63, 3.8) is 0 Å². The number of thiazole rings is 2. The molecule has 140 valence electrons. The van der Waals surface area contributed by atoms with Crippen molar-refractivity contribution in [2.24, 2.45) is 0 Å². The summed E-state index contributed by atoms with van der Waals surface area (Å²) in [7, 11) is 0. The fourth-order valence-corrected chi connectivity index (χ4v) is 3.53. The van der Waals surface area contributed by atoms with Crippen LogP contribution in [0.2, 0.25) is 0 Å². The molecular formula is C17H17N5O3S2. The molecule has 1 amide bonds. The van der Waals surface area contributed by atoms with Crippen LogP contribution in [0.5, 0.6) is 0 Å². The Balaban J connectivity index is 1.59. The average Bonchev–Trinajstić information content (AvgIpc) is 3.25. The van der Waals surface area contributed by atoms with Gasteiger partial charge in [-0.05, 0) is 26.0 Å². The molecule has 2 N–H and O–H groups in total. The molecule has 3 rings (SSSR count). The lowest BCUT2D eigenvalue weighted by Crippen LogP contribution is -2.12. The molecule has 8 nitrogen and oxygen atoms in total. The molecule has 0 radical (unpaired) electrons. The Morgan fingerprint density at radius 2 is 1.93 bits per heavy atom. The standard InChI is InChI=1S/C17H17N5O3S2/c1-3-25-14(23)7-11-8-26-16(19-11)22-15(24)12-9-27-17(20-12)21-13-6-4-5-10(2)18-13/h4-6,8-9H,3,7H2,1-2H3,(H,18,20,21)(H,19,22,24). The van der Waals surface area contributed by atoms with Gasteiger partial charge in [-0.25, -0.2) is 15.0 Å². The van der Waals surface area contributed by atoms with Gasteiger partial charge in [0.25, 0.3) is 5.91 Å². The molecule has 0 aliphatic rings. The number of ether oxygens (including phenoxy) is 1. The van der Waals surface area contributed by atoms with Crippen molar-refractivity contribution in [2.75, 3.05) is 17.2 Å². The quantitative estimate of drug-likeness (QED) is 0.582. The summed E-state index contributed by atoms with van der Waals surface area (Å²) in [5.74, 6) is -0.0472. The Morgan fingerprint density at radius 1 is 1.11 bits per heavy atom. The van der Waals surface area contributed by atoms with E-state index in [4.69, 9.17) is 4.74 Å². The van der Waals surface area contributed by atoms with Crippen LogP contribution in [-0.2, 0) is 16.0 Å². The van der Waals surface area contributed by atoms with Gasteiger partial charge < -0.3 is 10.1 Å². The topological polar surface area (TPSA) is 106 Å². The molecule has 0 atom stereocenters. The Bertz CT molecular complexity index is 953. The Morgan fingerprint density at radius 3 is 2.70 bits per heavy atom. The minimum absolute atomic E-state index is 0.0778. The summed E-state index contributed by atoms with van der Waals surface area (Å²) in [6.45, 7) is 3.97. The van der Waals surface area contributed by atoms with E-state index in [1.54, 1.807) is 17.7 Å². The number of carbonyl (C=O) groups excluding carboxylic acids is 2. The van der Waals surface area contributed by atoms with Gasteiger partial charge in [0.1, 0.15) is 11.5 Å². The van der Waals surface area contributed by atoms with Crippen LogP contribution in [0.25, 0.3) is 0 Å². The zero-order valence-corrected chi connectivity index (χ0v) is 16.3. The maximum absolute atomic E-state index is 12.3. The zero-order valence-electron chi connectivity index (χ0n) is 14.7. The van der Waals surface area contributed by atoms with Gasteiger partial charge in [-0.15, -0.1) is 22.7 Å². The van der Waals surface area contributed by atoms with Crippen LogP contribution in [0, 0.1) is 6.92 Å². The van der Waals surface area contributed by atoms with Crippen molar-refractivity contribution >= 4 is 50.6 Å². The molecule has 0 bridgehead atoms. The summed E-state index contributed by atoms with van der Waals surface area (Å²) in [4.78, 5) is 36.6. The number of carbonyl (C=O) groups is 2. The minimum atomic E-state index is -0.367. The normalized spacial score (nSPS) is 10.4. The maximum Gasteiger partial charge on any atom is 0.311 e. The third-order valence-corrected chi connectivity index (χ3v) is 4.83. The lowest BCUT2D eigenvalue weighted by atomic mass is 10.3. The van der Waals surface area contributed by atoms with Crippen molar-refractivity contribution in [1.29, 1.82) is 0 Å². The number of hydrogen-bond donors (Lipinski definition) is 2. The summed E-state index contributed by atoms with van der Waals surface area (Å²) in [5, 5.41) is 10.1. The number of aromatic nitrogens is 3. The second-order valence-corrected chi connectivity index (χ2v) is 7.12. The molecule has 3 aromatic rings. The highest BCUT2D eigenvalue weighted by Gasteiger charge is 2.14. The van der Waals surface area contributed by atoms with E-state index in [9.17, 15) is 9.59 Å². The second-order valence-electron chi connectivity index (χ2n) is 5.41. The van der Waals surface area contributed by atoms with Crippen molar-refractivity contribution in [2.45, 2.75) is 20.3 Å². The van der Waals surface area contributed by atoms with E-state index in [0.29, 0.717) is 28.4 Å². The molecule has 0 aliphatic heterocycles. The number of nitrogens with one attached hydrogen (secondary N) is 2. The monoisotopic (exact) mass is 403 g/mol. The first-order valence-corrected chi connectivity index (χ1v) is 9.87. The van der Waals surface area contributed by atoms with Crippen LogP contribution in [0.15, 0.2) is 29.0 Å². The average molecular weight is 403 g/mol. The summed E-state index contributed by atoms with van der Waals surface area (Å²) in [6.07, 6.45) is 0.0778. The van der Waals surface area contributed by atoms with E-state index >= 15 is 0 Å². The fourth-order valence-electron chi connectivity index (χ4n) is 2.12. The summed E-state index contributed by atoms with van der Waals surface area (Å²) in [6, 6.07) is 5.62. The van der Waals surface area contributed by atoms with E-state index in [-0.39, 0.29) is 24.0 Å². The molecule has 10 heteroatoms. The minimum Gasteiger partial charge on any atom is -0.466 e. The van der Waals surface area contributed by atoms with Crippen LogP contribution in [0.3, 0.4) is 0 Å². The number of esters is 1. The third-order valence-electron chi connectivity index (χ3n) is 3.26. The number of nitrogens with zero attached hydrogens (tertiary/aromatic N) is 3. The van der Waals surface area contributed by atoms with Gasteiger partial charge in [0.15, 0.2) is 10.3 Å². The van der Waals surface area contributed by atoms with Crippen molar-refractivity contribution in [1.82, 2.24) is 15.0 Å². The molecule has 0 aromatic carbocycles. The Kier molecular flexibility index (Phi) is 6.09. The zero-order chi connectivity index (χ0) is 19.2.